The number of aliphatic hydroxyl groups is 1. The molecule has 1 N–H and O–H groups in total. The first-order valence-corrected chi connectivity index (χ1v) is 6.54. The van der Waals surface area contributed by atoms with E-state index in [1.54, 1.807) is 0 Å². The molecule has 0 fully saturated rings. The quantitative estimate of drug-likeness (QED) is 0.654. The lowest BCUT2D eigenvalue weighted by Crippen LogP contribution is -2.43. The summed E-state index contributed by atoms with van der Waals surface area (Å²) in [6.45, 7) is -1.91. The van der Waals surface area contributed by atoms with Crippen molar-refractivity contribution < 1.29 is 36.2 Å². The van der Waals surface area contributed by atoms with E-state index < -0.39 is 47.6 Å². The molecule has 0 heterocycles. The molecule has 0 radical (unpaired) electrons. The van der Waals surface area contributed by atoms with Crippen molar-refractivity contribution >= 4 is 16.0 Å². The zero-order valence-corrected chi connectivity index (χ0v) is 10.4. The van der Waals surface area contributed by atoms with Crippen molar-refractivity contribution in [1.82, 2.24) is 4.31 Å². The molecule has 0 saturated carbocycles. The molecule has 0 aromatic carbocycles. The van der Waals surface area contributed by atoms with E-state index in [1.807, 2.05) is 0 Å². The number of esters is 1. The lowest BCUT2D eigenvalue weighted by atomic mass is 10.6. The number of sulfonamides is 1. The van der Waals surface area contributed by atoms with Crippen molar-refractivity contribution in [3.63, 3.8) is 0 Å². The van der Waals surface area contributed by atoms with Gasteiger partial charge in [0.05, 0.1) is 13.2 Å². The monoisotopic (exact) mass is 293 g/mol. The van der Waals surface area contributed by atoms with Gasteiger partial charge in [-0.25, -0.2) is 8.42 Å². The average Bonchev–Trinajstić information content (AvgIpc) is 2.14. The number of ether oxygens (including phenoxy) is 1. The molecule has 0 bridgehead atoms. The maximum atomic E-state index is 12.1. The number of carbonyl (C=O) groups is 1. The van der Waals surface area contributed by atoms with E-state index >= 15 is 0 Å². The van der Waals surface area contributed by atoms with E-state index in [4.69, 9.17) is 5.11 Å². The molecule has 10 heteroatoms. The number of nitrogens with zero attached hydrogens (tertiary/aromatic N) is 1. The van der Waals surface area contributed by atoms with Crippen LogP contribution in [0.25, 0.3) is 0 Å². The Bertz CT molecular complexity index is 367. The van der Waals surface area contributed by atoms with Crippen molar-refractivity contribution in [2.24, 2.45) is 0 Å². The lowest BCUT2D eigenvalue weighted by Gasteiger charge is -2.21. The van der Waals surface area contributed by atoms with Crippen LogP contribution >= 0.6 is 0 Å². The number of rotatable bonds is 7. The molecule has 0 aromatic rings. The minimum absolute atomic E-state index is 0.00389. The van der Waals surface area contributed by atoms with Crippen LogP contribution in [-0.2, 0) is 19.6 Å². The summed E-state index contributed by atoms with van der Waals surface area (Å²) in [4.78, 5) is 11.0. The third-order valence-corrected chi connectivity index (χ3v) is 3.40. The fourth-order valence-electron chi connectivity index (χ4n) is 1.07. The number of carbonyl (C=O) groups excluding carboxylic acids is 1. The molecule has 0 aliphatic carbocycles. The summed E-state index contributed by atoms with van der Waals surface area (Å²) in [6, 6.07) is 0. The Hall–Kier alpha value is -0.870. The lowest BCUT2D eigenvalue weighted by molar-refractivity contribution is -0.141. The molecule has 0 aliphatic heterocycles. The molecule has 0 aromatic heterocycles. The van der Waals surface area contributed by atoms with E-state index in [-0.39, 0.29) is 10.9 Å². The molecule has 18 heavy (non-hydrogen) atoms. The standard InChI is InChI=1S/C8H14F3NO5S/c1-2-17-7(14)5-18(15,16)12(3-4-13)6-8(9,10)11/h13H,2-6H2,1H3. The molecule has 0 amide bonds. The second-order valence-corrected chi connectivity index (χ2v) is 5.20. The average molecular weight is 293 g/mol. The van der Waals surface area contributed by atoms with Crippen molar-refractivity contribution in [2.45, 2.75) is 13.1 Å². The summed E-state index contributed by atoms with van der Waals surface area (Å²) in [6.07, 6.45) is -4.75. The first kappa shape index (κ1) is 17.1. The summed E-state index contributed by atoms with van der Waals surface area (Å²) in [5.41, 5.74) is 0. The number of aliphatic hydroxyl groups excluding tert-OH is 1. The smallest absolute Gasteiger partial charge is 0.402 e. The molecule has 0 aliphatic rings. The minimum Gasteiger partial charge on any atom is -0.465 e. The van der Waals surface area contributed by atoms with E-state index in [2.05, 4.69) is 4.74 Å². The van der Waals surface area contributed by atoms with Gasteiger partial charge in [0, 0.05) is 6.54 Å². The number of hydrogen-bond donors (Lipinski definition) is 1. The van der Waals surface area contributed by atoms with Gasteiger partial charge in [0.25, 0.3) is 0 Å². The molecular formula is C8H14F3NO5S. The molecule has 108 valence electrons. The van der Waals surface area contributed by atoms with Gasteiger partial charge in [-0.05, 0) is 6.92 Å². The summed E-state index contributed by atoms with van der Waals surface area (Å²) in [7, 11) is -4.46. The van der Waals surface area contributed by atoms with E-state index in [0.717, 1.165) is 0 Å². The highest BCUT2D eigenvalue weighted by molar-refractivity contribution is 7.89. The van der Waals surface area contributed by atoms with Gasteiger partial charge in [-0.2, -0.15) is 17.5 Å². The largest absolute Gasteiger partial charge is 0.465 e. The minimum atomic E-state index is -4.75. The molecule has 0 saturated heterocycles. The van der Waals surface area contributed by atoms with Crippen molar-refractivity contribution in [1.29, 1.82) is 0 Å². The normalized spacial score (nSPS) is 12.8. The highest BCUT2D eigenvalue weighted by atomic mass is 32.2. The summed E-state index contributed by atoms with van der Waals surface area (Å²) in [5.74, 6) is -2.32. The zero-order valence-electron chi connectivity index (χ0n) is 9.61. The zero-order chi connectivity index (χ0) is 14.4. The highest BCUT2D eigenvalue weighted by Crippen LogP contribution is 2.18. The fourth-order valence-corrected chi connectivity index (χ4v) is 2.34. The van der Waals surface area contributed by atoms with Gasteiger partial charge in [0.2, 0.25) is 10.0 Å². The molecule has 6 nitrogen and oxygen atoms in total. The fraction of sp³-hybridized carbons (Fsp3) is 0.875. The number of alkyl halides is 3. The summed E-state index contributed by atoms with van der Waals surface area (Å²) in [5, 5.41) is 8.54. The van der Waals surface area contributed by atoms with Crippen LogP contribution in [0.3, 0.4) is 0 Å². The van der Waals surface area contributed by atoms with Crippen LogP contribution < -0.4 is 0 Å². The maximum absolute atomic E-state index is 12.1. The topological polar surface area (TPSA) is 83.9 Å². The van der Waals surface area contributed by atoms with E-state index in [9.17, 15) is 26.4 Å². The van der Waals surface area contributed by atoms with E-state index in [0.29, 0.717) is 0 Å². The molecule has 0 atom stereocenters. The molecule has 0 spiro atoms. The van der Waals surface area contributed by atoms with Gasteiger partial charge >= 0.3 is 12.1 Å². The van der Waals surface area contributed by atoms with Gasteiger partial charge < -0.3 is 9.84 Å². The van der Waals surface area contributed by atoms with Gasteiger partial charge in [-0.15, -0.1) is 0 Å². The first-order chi connectivity index (χ1) is 8.12. The molecule has 0 rings (SSSR count). The van der Waals surface area contributed by atoms with Crippen molar-refractivity contribution in [3.8, 4) is 0 Å². The van der Waals surface area contributed by atoms with Gasteiger partial charge in [-0.1, -0.05) is 0 Å². The van der Waals surface area contributed by atoms with E-state index in [1.165, 1.54) is 6.92 Å². The predicted molar refractivity (Wildman–Crippen MR) is 55.1 cm³/mol. The Kier molecular flexibility index (Phi) is 6.57. The van der Waals surface area contributed by atoms with Crippen LogP contribution in [0.5, 0.6) is 0 Å². The van der Waals surface area contributed by atoms with Crippen LogP contribution in [0.15, 0.2) is 0 Å². The van der Waals surface area contributed by atoms with Crippen molar-refractivity contribution in [3.05, 3.63) is 0 Å². The Morgan fingerprint density at radius 2 is 1.94 bits per heavy atom. The Labute approximate surface area is 102 Å². The second kappa shape index (κ2) is 6.90. The number of halogens is 3. The maximum Gasteiger partial charge on any atom is 0.402 e. The van der Waals surface area contributed by atoms with Crippen molar-refractivity contribution in [2.75, 3.05) is 32.1 Å². The van der Waals surface area contributed by atoms with Gasteiger partial charge in [0.1, 0.15) is 6.54 Å². The highest BCUT2D eigenvalue weighted by Gasteiger charge is 2.37. The molecular weight excluding hydrogens is 279 g/mol. The first-order valence-electron chi connectivity index (χ1n) is 4.93. The van der Waals surface area contributed by atoms with Crippen LogP contribution in [0.4, 0.5) is 13.2 Å². The number of hydrogen-bond acceptors (Lipinski definition) is 5. The summed E-state index contributed by atoms with van der Waals surface area (Å²) < 4.78 is 63.8. The Balaban J connectivity index is 4.82. The Morgan fingerprint density at radius 1 is 1.39 bits per heavy atom. The van der Waals surface area contributed by atoms with Gasteiger partial charge in [-0.3, -0.25) is 4.79 Å². The SMILES string of the molecule is CCOC(=O)CS(=O)(=O)N(CCO)CC(F)(F)F. The van der Waals surface area contributed by atoms with Crippen LogP contribution in [0, 0.1) is 0 Å². The van der Waals surface area contributed by atoms with Crippen LogP contribution in [0.1, 0.15) is 6.92 Å². The van der Waals surface area contributed by atoms with Crippen LogP contribution in [0.2, 0.25) is 0 Å². The third-order valence-electron chi connectivity index (χ3n) is 1.70. The van der Waals surface area contributed by atoms with Gasteiger partial charge in [0.15, 0.2) is 5.75 Å². The second-order valence-electron chi connectivity index (χ2n) is 3.23. The summed E-state index contributed by atoms with van der Waals surface area (Å²) >= 11 is 0. The Morgan fingerprint density at radius 3 is 2.33 bits per heavy atom. The van der Waals surface area contributed by atoms with Crippen LogP contribution in [-0.4, -0.2) is 62.0 Å². The predicted octanol–water partition coefficient (Wildman–Crippen LogP) is -0.264. The third kappa shape index (κ3) is 6.77. The molecule has 0 unspecified atom stereocenters.